The lowest BCUT2D eigenvalue weighted by Gasteiger charge is -2.31. The summed E-state index contributed by atoms with van der Waals surface area (Å²) in [6.07, 6.45) is 5.43. The molecule has 24 heavy (non-hydrogen) atoms. The number of para-hydroxylation sites is 1. The van der Waals surface area contributed by atoms with Crippen molar-refractivity contribution in [3.63, 3.8) is 0 Å². The first-order valence-electron chi connectivity index (χ1n) is 8.77. The number of rotatable bonds is 6. The van der Waals surface area contributed by atoms with Crippen molar-refractivity contribution in [1.82, 2.24) is 10.6 Å². The average molecular weight is 334 g/mol. The number of hydrogen-bond acceptors (Lipinski definition) is 4. The van der Waals surface area contributed by atoms with Crippen LogP contribution in [0.4, 0.5) is 4.79 Å². The summed E-state index contributed by atoms with van der Waals surface area (Å²) < 4.78 is 17.4. The van der Waals surface area contributed by atoms with Gasteiger partial charge in [-0.25, -0.2) is 4.79 Å². The standard InChI is InChI=1S/C18H26N2O4/c21-17(19-11-12-22-15-7-3-1-4-8-15)20-13-16-14-23-18(24-16)9-5-2-6-10-18/h1,3-4,7-8,16H,2,5-6,9-14H2,(H2,19,20,21). The monoisotopic (exact) mass is 334 g/mol. The molecule has 2 N–H and O–H groups in total. The summed E-state index contributed by atoms with van der Waals surface area (Å²) in [7, 11) is 0. The summed E-state index contributed by atoms with van der Waals surface area (Å²) in [6.45, 7) is 1.90. The number of urea groups is 1. The molecule has 1 aliphatic heterocycles. The number of benzene rings is 1. The van der Waals surface area contributed by atoms with Crippen LogP contribution in [0.1, 0.15) is 32.1 Å². The van der Waals surface area contributed by atoms with Gasteiger partial charge in [-0.2, -0.15) is 0 Å². The van der Waals surface area contributed by atoms with E-state index in [4.69, 9.17) is 14.2 Å². The molecule has 3 rings (SSSR count). The van der Waals surface area contributed by atoms with Crippen LogP contribution in [0.2, 0.25) is 0 Å². The minimum Gasteiger partial charge on any atom is -0.492 e. The summed E-state index contributed by atoms with van der Waals surface area (Å²) in [4.78, 5) is 11.8. The molecule has 0 aromatic heterocycles. The second-order valence-electron chi connectivity index (χ2n) is 6.32. The Hall–Kier alpha value is -1.79. The van der Waals surface area contributed by atoms with Crippen LogP contribution in [0.3, 0.4) is 0 Å². The number of hydrogen-bond donors (Lipinski definition) is 2. The molecule has 1 atom stereocenters. The molecule has 1 saturated carbocycles. The Kier molecular flexibility index (Phi) is 5.93. The smallest absolute Gasteiger partial charge is 0.315 e. The maximum atomic E-state index is 11.8. The molecule has 6 heteroatoms. The van der Waals surface area contributed by atoms with E-state index in [1.165, 1.54) is 6.42 Å². The SMILES string of the molecule is O=C(NCCOc1ccccc1)NCC1COC2(CCCCC2)O1. The van der Waals surface area contributed by atoms with Crippen LogP contribution in [0.5, 0.6) is 5.75 Å². The molecule has 2 fully saturated rings. The topological polar surface area (TPSA) is 68.8 Å². The van der Waals surface area contributed by atoms with Crippen molar-refractivity contribution >= 4 is 6.03 Å². The van der Waals surface area contributed by atoms with E-state index in [-0.39, 0.29) is 17.9 Å². The highest BCUT2D eigenvalue weighted by atomic mass is 16.7. The zero-order chi connectivity index (χ0) is 16.7. The molecule has 0 bridgehead atoms. The second kappa shape index (κ2) is 8.35. The number of carbonyl (C=O) groups is 1. The number of carbonyl (C=O) groups excluding carboxylic acids is 1. The molecule has 1 spiro atoms. The fourth-order valence-corrected chi connectivity index (χ4v) is 3.19. The van der Waals surface area contributed by atoms with Crippen LogP contribution in [0, 0.1) is 0 Å². The van der Waals surface area contributed by atoms with E-state index < -0.39 is 0 Å². The summed E-state index contributed by atoms with van der Waals surface area (Å²) in [5.74, 6) is 0.416. The Morgan fingerprint density at radius 2 is 1.96 bits per heavy atom. The van der Waals surface area contributed by atoms with Crippen molar-refractivity contribution in [1.29, 1.82) is 0 Å². The van der Waals surface area contributed by atoms with Crippen molar-refractivity contribution in [3.05, 3.63) is 30.3 Å². The van der Waals surface area contributed by atoms with E-state index in [2.05, 4.69) is 10.6 Å². The van der Waals surface area contributed by atoms with Gasteiger partial charge in [0.2, 0.25) is 0 Å². The normalized spacial score (nSPS) is 22.2. The second-order valence-corrected chi connectivity index (χ2v) is 6.32. The molecule has 1 saturated heterocycles. The summed E-state index contributed by atoms with van der Waals surface area (Å²) in [5.41, 5.74) is 0. The van der Waals surface area contributed by atoms with Crippen LogP contribution >= 0.6 is 0 Å². The van der Waals surface area contributed by atoms with Gasteiger partial charge in [0.15, 0.2) is 5.79 Å². The van der Waals surface area contributed by atoms with E-state index in [1.54, 1.807) is 0 Å². The first kappa shape index (κ1) is 17.0. The molecule has 2 amide bonds. The molecular weight excluding hydrogens is 308 g/mol. The molecule has 132 valence electrons. The Balaban J connectivity index is 1.27. The first-order chi connectivity index (χ1) is 11.8. The van der Waals surface area contributed by atoms with Crippen molar-refractivity contribution in [2.45, 2.75) is 44.0 Å². The summed E-state index contributed by atoms with van der Waals surface area (Å²) >= 11 is 0. The summed E-state index contributed by atoms with van der Waals surface area (Å²) in [6, 6.07) is 9.33. The zero-order valence-corrected chi connectivity index (χ0v) is 14.0. The highest BCUT2D eigenvalue weighted by Gasteiger charge is 2.42. The highest BCUT2D eigenvalue weighted by Crippen LogP contribution is 2.37. The zero-order valence-electron chi connectivity index (χ0n) is 14.0. The van der Waals surface area contributed by atoms with Crippen LogP contribution in [-0.2, 0) is 9.47 Å². The van der Waals surface area contributed by atoms with E-state index in [9.17, 15) is 4.79 Å². The third kappa shape index (κ3) is 4.85. The fraction of sp³-hybridized carbons (Fsp3) is 0.611. The van der Waals surface area contributed by atoms with E-state index in [1.807, 2.05) is 30.3 Å². The first-order valence-corrected chi connectivity index (χ1v) is 8.77. The van der Waals surface area contributed by atoms with Gasteiger partial charge in [-0.15, -0.1) is 0 Å². The average Bonchev–Trinajstić information content (AvgIpc) is 3.01. The van der Waals surface area contributed by atoms with Gasteiger partial charge in [0.05, 0.1) is 13.2 Å². The maximum Gasteiger partial charge on any atom is 0.315 e. The maximum absolute atomic E-state index is 11.8. The van der Waals surface area contributed by atoms with Gasteiger partial charge in [-0.3, -0.25) is 0 Å². The molecule has 1 unspecified atom stereocenters. The Bertz CT molecular complexity index is 517. The van der Waals surface area contributed by atoms with Crippen LogP contribution in [0.15, 0.2) is 30.3 Å². The van der Waals surface area contributed by atoms with Crippen LogP contribution in [-0.4, -0.2) is 44.2 Å². The molecule has 0 radical (unpaired) electrons. The van der Waals surface area contributed by atoms with E-state index in [0.717, 1.165) is 31.4 Å². The molecule has 1 heterocycles. The van der Waals surface area contributed by atoms with Gasteiger partial charge < -0.3 is 24.8 Å². The van der Waals surface area contributed by atoms with Gasteiger partial charge in [0.1, 0.15) is 18.5 Å². The minimum atomic E-state index is -0.384. The van der Waals surface area contributed by atoms with Crippen molar-refractivity contribution in [2.75, 3.05) is 26.3 Å². The molecule has 6 nitrogen and oxygen atoms in total. The Labute approximate surface area is 142 Å². The molecule has 1 aliphatic carbocycles. The van der Waals surface area contributed by atoms with E-state index >= 15 is 0 Å². The van der Waals surface area contributed by atoms with Gasteiger partial charge in [0.25, 0.3) is 0 Å². The molecule has 1 aromatic carbocycles. The third-order valence-electron chi connectivity index (χ3n) is 4.42. The lowest BCUT2D eigenvalue weighted by atomic mass is 9.94. The van der Waals surface area contributed by atoms with Crippen molar-refractivity contribution in [3.8, 4) is 5.75 Å². The van der Waals surface area contributed by atoms with Crippen LogP contribution < -0.4 is 15.4 Å². The molecular formula is C18H26N2O4. The molecule has 1 aromatic rings. The highest BCUT2D eigenvalue weighted by molar-refractivity contribution is 5.73. The number of amides is 2. The largest absolute Gasteiger partial charge is 0.492 e. The quantitative estimate of drug-likeness (QED) is 0.784. The van der Waals surface area contributed by atoms with Gasteiger partial charge in [-0.05, 0) is 25.0 Å². The lowest BCUT2D eigenvalue weighted by Crippen LogP contribution is -2.42. The lowest BCUT2D eigenvalue weighted by molar-refractivity contribution is -0.186. The van der Waals surface area contributed by atoms with Crippen molar-refractivity contribution in [2.24, 2.45) is 0 Å². The van der Waals surface area contributed by atoms with Crippen molar-refractivity contribution < 1.29 is 19.0 Å². The predicted molar refractivity (Wildman–Crippen MR) is 90.0 cm³/mol. The number of nitrogens with one attached hydrogen (secondary N) is 2. The minimum absolute atomic E-state index is 0.0607. The van der Waals surface area contributed by atoms with E-state index in [0.29, 0.717) is 26.3 Å². The Morgan fingerprint density at radius 1 is 1.17 bits per heavy atom. The predicted octanol–water partition coefficient (Wildman–Crippen LogP) is 2.44. The Morgan fingerprint density at radius 3 is 2.75 bits per heavy atom. The molecule has 2 aliphatic rings. The van der Waals surface area contributed by atoms with Gasteiger partial charge >= 0.3 is 6.03 Å². The fourth-order valence-electron chi connectivity index (χ4n) is 3.19. The van der Waals surface area contributed by atoms with Gasteiger partial charge in [-0.1, -0.05) is 24.6 Å². The summed E-state index contributed by atoms with van der Waals surface area (Å²) in [5, 5.41) is 5.61. The third-order valence-corrected chi connectivity index (χ3v) is 4.42. The number of ether oxygens (including phenoxy) is 3. The van der Waals surface area contributed by atoms with Gasteiger partial charge in [0, 0.05) is 19.4 Å². The van der Waals surface area contributed by atoms with Crippen LogP contribution in [0.25, 0.3) is 0 Å².